The van der Waals surface area contributed by atoms with E-state index < -0.39 is 6.43 Å². The average Bonchev–Trinajstić information content (AvgIpc) is 2.69. The van der Waals surface area contributed by atoms with E-state index in [-0.39, 0.29) is 18.3 Å². The van der Waals surface area contributed by atoms with Gasteiger partial charge in [-0.05, 0) is 6.92 Å². The van der Waals surface area contributed by atoms with Crippen molar-refractivity contribution in [1.29, 1.82) is 0 Å². The molecule has 1 atom stereocenters. The summed E-state index contributed by atoms with van der Waals surface area (Å²) < 4.78 is 30.6. The van der Waals surface area contributed by atoms with Gasteiger partial charge in [0.15, 0.2) is 0 Å². The fourth-order valence-corrected chi connectivity index (χ4v) is 2.60. The number of anilines is 4. The van der Waals surface area contributed by atoms with Crippen molar-refractivity contribution in [2.24, 2.45) is 0 Å². The van der Waals surface area contributed by atoms with Gasteiger partial charge in [0.1, 0.15) is 23.1 Å². The zero-order valence-electron chi connectivity index (χ0n) is 14.9. The summed E-state index contributed by atoms with van der Waals surface area (Å²) in [6, 6.07) is 3.58. The highest BCUT2D eigenvalue weighted by molar-refractivity contribution is 5.65. The summed E-state index contributed by atoms with van der Waals surface area (Å²) in [5.74, 6) is 1.39. The lowest BCUT2D eigenvalue weighted by Crippen LogP contribution is -2.36. The maximum atomic E-state index is 12.6. The van der Waals surface area contributed by atoms with Crippen molar-refractivity contribution < 1.29 is 18.6 Å². The first-order valence-corrected chi connectivity index (χ1v) is 8.64. The highest BCUT2D eigenvalue weighted by atomic mass is 19.3. The SMILES string of the molecule is C[C@@H](CO)Nc1cc(N2CCOCC2)cc(Nc2cnc(C(F)F)cn2)n1. The molecule has 1 aliphatic heterocycles. The van der Waals surface area contributed by atoms with E-state index in [4.69, 9.17) is 4.74 Å². The molecule has 3 N–H and O–H groups in total. The molecule has 0 radical (unpaired) electrons. The molecule has 0 bridgehead atoms. The van der Waals surface area contributed by atoms with Crippen molar-refractivity contribution in [1.82, 2.24) is 15.0 Å². The van der Waals surface area contributed by atoms with Gasteiger partial charge in [-0.1, -0.05) is 0 Å². The van der Waals surface area contributed by atoms with Crippen molar-refractivity contribution in [3.05, 3.63) is 30.2 Å². The third-order valence-electron chi connectivity index (χ3n) is 4.01. The lowest BCUT2D eigenvalue weighted by Gasteiger charge is -2.29. The Morgan fingerprint density at radius 3 is 2.52 bits per heavy atom. The molecule has 0 unspecified atom stereocenters. The quantitative estimate of drug-likeness (QED) is 0.673. The minimum Gasteiger partial charge on any atom is -0.394 e. The Balaban J connectivity index is 1.84. The number of morpholine rings is 1. The van der Waals surface area contributed by atoms with Gasteiger partial charge in [0.2, 0.25) is 0 Å². The third kappa shape index (κ3) is 5.20. The van der Waals surface area contributed by atoms with Crippen molar-refractivity contribution in [3.8, 4) is 0 Å². The first-order valence-electron chi connectivity index (χ1n) is 8.64. The summed E-state index contributed by atoms with van der Waals surface area (Å²) in [5.41, 5.74) is 0.551. The first-order chi connectivity index (χ1) is 13.0. The van der Waals surface area contributed by atoms with Crippen LogP contribution in [0.3, 0.4) is 0 Å². The van der Waals surface area contributed by atoms with Crippen LogP contribution >= 0.6 is 0 Å². The van der Waals surface area contributed by atoms with E-state index in [1.165, 1.54) is 6.20 Å². The Bertz CT molecular complexity index is 741. The van der Waals surface area contributed by atoms with E-state index >= 15 is 0 Å². The Kier molecular flexibility index (Phi) is 6.30. The van der Waals surface area contributed by atoms with Crippen molar-refractivity contribution in [2.75, 3.05) is 48.4 Å². The number of nitrogens with zero attached hydrogens (tertiary/aromatic N) is 4. The summed E-state index contributed by atoms with van der Waals surface area (Å²) >= 11 is 0. The van der Waals surface area contributed by atoms with E-state index in [1.54, 1.807) is 0 Å². The van der Waals surface area contributed by atoms with Crippen LogP contribution in [0.2, 0.25) is 0 Å². The van der Waals surface area contributed by atoms with E-state index in [1.807, 2.05) is 19.1 Å². The molecule has 1 fully saturated rings. The normalized spacial score (nSPS) is 15.7. The number of rotatable bonds is 7. The van der Waals surface area contributed by atoms with Gasteiger partial charge >= 0.3 is 0 Å². The maximum Gasteiger partial charge on any atom is 0.281 e. The average molecular weight is 380 g/mol. The minimum absolute atomic E-state index is 0.0349. The second-order valence-electron chi connectivity index (χ2n) is 6.18. The molecule has 2 aromatic heterocycles. The highest BCUT2D eigenvalue weighted by Gasteiger charge is 2.15. The second-order valence-corrected chi connectivity index (χ2v) is 6.18. The van der Waals surface area contributed by atoms with Crippen LogP contribution in [0, 0.1) is 0 Å². The molecular formula is C17H22F2N6O2. The lowest BCUT2D eigenvalue weighted by atomic mass is 10.2. The molecule has 0 saturated carbocycles. The Hall–Kier alpha value is -2.59. The van der Waals surface area contributed by atoms with Gasteiger partial charge in [-0.2, -0.15) is 0 Å². The fraction of sp³-hybridized carbons (Fsp3) is 0.471. The molecule has 27 heavy (non-hydrogen) atoms. The molecular weight excluding hydrogens is 358 g/mol. The summed E-state index contributed by atoms with van der Waals surface area (Å²) in [6.45, 7) is 4.59. The molecule has 0 amide bonds. The van der Waals surface area contributed by atoms with Crippen molar-refractivity contribution in [3.63, 3.8) is 0 Å². The molecule has 3 heterocycles. The summed E-state index contributed by atoms with van der Waals surface area (Å²) in [4.78, 5) is 14.3. The maximum absolute atomic E-state index is 12.6. The van der Waals surface area contributed by atoms with E-state index in [9.17, 15) is 13.9 Å². The van der Waals surface area contributed by atoms with Crippen LogP contribution in [0.5, 0.6) is 0 Å². The summed E-state index contributed by atoms with van der Waals surface area (Å²) in [7, 11) is 0. The molecule has 3 rings (SSSR count). The van der Waals surface area contributed by atoms with Gasteiger partial charge in [0.05, 0.1) is 32.2 Å². The molecule has 8 nitrogen and oxygen atoms in total. The number of aliphatic hydroxyl groups excluding tert-OH is 1. The van der Waals surface area contributed by atoms with Crippen LogP contribution < -0.4 is 15.5 Å². The monoisotopic (exact) mass is 380 g/mol. The van der Waals surface area contributed by atoms with Crippen LogP contribution in [0.4, 0.5) is 31.9 Å². The van der Waals surface area contributed by atoms with Crippen LogP contribution in [-0.2, 0) is 4.74 Å². The second kappa shape index (κ2) is 8.87. The molecule has 146 valence electrons. The highest BCUT2D eigenvalue weighted by Crippen LogP contribution is 2.25. The van der Waals surface area contributed by atoms with E-state index in [2.05, 4.69) is 30.5 Å². The number of aromatic nitrogens is 3. The molecule has 10 heteroatoms. The fourth-order valence-electron chi connectivity index (χ4n) is 2.60. The summed E-state index contributed by atoms with van der Waals surface area (Å²) in [6.07, 6.45) is -0.384. The number of pyridine rings is 1. The van der Waals surface area contributed by atoms with Gasteiger partial charge in [0, 0.05) is 37.0 Å². The van der Waals surface area contributed by atoms with Crippen molar-refractivity contribution >= 4 is 23.1 Å². The van der Waals surface area contributed by atoms with E-state index in [0.717, 1.165) is 25.0 Å². The molecule has 1 aliphatic rings. The predicted octanol–water partition coefficient (Wildman–Crippen LogP) is 2.18. The van der Waals surface area contributed by atoms with Crippen LogP contribution in [0.1, 0.15) is 19.0 Å². The standard InChI is InChI=1S/C17H22F2N6O2/c1-11(10-26)22-14-6-12(25-2-4-27-5-3-25)7-15(23-14)24-16-9-20-13(8-21-16)17(18)19/h6-9,11,17,26H,2-5,10H2,1H3,(H2,21,22,23,24)/t11-/m0/s1. The van der Waals surface area contributed by atoms with Crippen LogP contribution in [0.15, 0.2) is 24.5 Å². The van der Waals surface area contributed by atoms with Gasteiger partial charge in [-0.15, -0.1) is 0 Å². The molecule has 0 aromatic carbocycles. The topological polar surface area (TPSA) is 95.4 Å². The predicted molar refractivity (Wildman–Crippen MR) is 97.7 cm³/mol. The Labute approximate surface area is 155 Å². The largest absolute Gasteiger partial charge is 0.394 e. The van der Waals surface area contributed by atoms with Crippen LogP contribution in [-0.4, -0.2) is 59.0 Å². The van der Waals surface area contributed by atoms with Gasteiger partial charge in [-0.25, -0.2) is 23.7 Å². The van der Waals surface area contributed by atoms with Gasteiger partial charge in [0.25, 0.3) is 6.43 Å². The zero-order chi connectivity index (χ0) is 19.2. The Morgan fingerprint density at radius 2 is 1.89 bits per heavy atom. The lowest BCUT2D eigenvalue weighted by molar-refractivity contribution is 0.122. The van der Waals surface area contributed by atoms with Crippen molar-refractivity contribution in [2.45, 2.75) is 19.4 Å². The number of aliphatic hydroxyl groups is 1. The van der Waals surface area contributed by atoms with Gasteiger partial charge < -0.3 is 25.4 Å². The number of alkyl halides is 2. The van der Waals surface area contributed by atoms with Crippen LogP contribution in [0.25, 0.3) is 0 Å². The number of ether oxygens (including phenoxy) is 1. The third-order valence-corrected chi connectivity index (χ3v) is 4.01. The zero-order valence-corrected chi connectivity index (χ0v) is 14.9. The minimum atomic E-state index is -2.66. The molecule has 0 spiro atoms. The number of hydrogen-bond donors (Lipinski definition) is 3. The number of hydrogen-bond acceptors (Lipinski definition) is 8. The molecule has 1 saturated heterocycles. The van der Waals surface area contributed by atoms with E-state index in [0.29, 0.717) is 30.7 Å². The number of nitrogens with one attached hydrogen (secondary N) is 2. The molecule has 2 aromatic rings. The first kappa shape index (κ1) is 19.2. The Morgan fingerprint density at radius 1 is 1.15 bits per heavy atom. The molecule has 0 aliphatic carbocycles. The van der Waals surface area contributed by atoms with Gasteiger partial charge in [-0.3, -0.25) is 0 Å². The summed E-state index contributed by atoms with van der Waals surface area (Å²) in [5, 5.41) is 15.4. The smallest absolute Gasteiger partial charge is 0.281 e. The number of halogens is 2.